The quantitative estimate of drug-likeness (QED) is 0.510. The number of allylic oxidation sites excluding steroid dienone is 1. The standard InChI is InChI=1S/C18H13BrN2O/c19-16-6-1-14(2-7-16)3-10-18(22)15-4-8-17(9-5-15)21-12-11-20-13-21/h1-13H/b10-3+. The molecule has 0 saturated carbocycles. The van der Waals surface area contributed by atoms with Gasteiger partial charge in [0.15, 0.2) is 5.78 Å². The van der Waals surface area contributed by atoms with Gasteiger partial charge in [0.2, 0.25) is 0 Å². The number of carbonyl (C=O) groups excluding carboxylic acids is 1. The first-order valence-electron chi connectivity index (χ1n) is 6.79. The van der Waals surface area contributed by atoms with Crippen LogP contribution in [0.25, 0.3) is 11.8 Å². The first kappa shape index (κ1) is 14.5. The molecule has 3 aromatic rings. The Morgan fingerprint density at radius 2 is 1.77 bits per heavy atom. The van der Waals surface area contributed by atoms with Gasteiger partial charge in [0.25, 0.3) is 0 Å². The van der Waals surface area contributed by atoms with Gasteiger partial charge in [0, 0.05) is 28.1 Å². The number of benzene rings is 2. The number of imidazole rings is 1. The lowest BCUT2D eigenvalue weighted by molar-refractivity contribution is 0.104. The van der Waals surface area contributed by atoms with E-state index in [0.717, 1.165) is 15.7 Å². The summed E-state index contributed by atoms with van der Waals surface area (Å²) in [5.41, 5.74) is 2.63. The smallest absolute Gasteiger partial charge is 0.185 e. The van der Waals surface area contributed by atoms with Crippen molar-refractivity contribution in [3.63, 3.8) is 0 Å². The molecule has 22 heavy (non-hydrogen) atoms. The van der Waals surface area contributed by atoms with Gasteiger partial charge in [-0.1, -0.05) is 34.1 Å². The Morgan fingerprint density at radius 3 is 2.41 bits per heavy atom. The summed E-state index contributed by atoms with van der Waals surface area (Å²) in [6.07, 6.45) is 8.72. The summed E-state index contributed by atoms with van der Waals surface area (Å²) in [5.74, 6) is -0.0138. The number of ketones is 1. The van der Waals surface area contributed by atoms with Crippen molar-refractivity contribution in [3.05, 3.63) is 88.9 Å². The van der Waals surface area contributed by atoms with Crippen molar-refractivity contribution in [3.8, 4) is 5.69 Å². The monoisotopic (exact) mass is 352 g/mol. The highest BCUT2D eigenvalue weighted by Crippen LogP contribution is 2.13. The van der Waals surface area contributed by atoms with Crippen LogP contribution in [0.5, 0.6) is 0 Å². The highest BCUT2D eigenvalue weighted by atomic mass is 79.9. The number of aromatic nitrogens is 2. The average molecular weight is 353 g/mol. The molecule has 0 N–H and O–H groups in total. The van der Waals surface area contributed by atoms with E-state index in [1.165, 1.54) is 0 Å². The van der Waals surface area contributed by atoms with Crippen LogP contribution in [0, 0.1) is 0 Å². The molecule has 0 aliphatic carbocycles. The Kier molecular flexibility index (Phi) is 4.30. The van der Waals surface area contributed by atoms with Crippen molar-refractivity contribution >= 4 is 27.8 Å². The zero-order valence-corrected chi connectivity index (χ0v) is 13.3. The third-order valence-electron chi connectivity index (χ3n) is 3.25. The Labute approximate surface area is 137 Å². The molecule has 0 saturated heterocycles. The van der Waals surface area contributed by atoms with Crippen molar-refractivity contribution in [2.45, 2.75) is 0 Å². The molecule has 0 aliphatic rings. The SMILES string of the molecule is O=C(/C=C/c1ccc(Br)cc1)c1ccc(-n2ccnc2)cc1. The topological polar surface area (TPSA) is 34.9 Å². The van der Waals surface area contributed by atoms with Crippen molar-refractivity contribution in [2.24, 2.45) is 0 Å². The van der Waals surface area contributed by atoms with Crippen molar-refractivity contribution in [2.75, 3.05) is 0 Å². The van der Waals surface area contributed by atoms with Crippen molar-refractivity contribution < 1.29 is 4.79 Å². The number of halogens is 1. The van der Waals surface area contributed by atoms with Crippen molar-refractivity contribution in [1.82, 2.24) is 9.55 Å². The van der Waals surface area contributed by atoms with Gasteiger partial charge in [-0.25, -0.2) is 4.98 Å². The Hall–Kier alpha value is -2.46. The molecule has 0 spiro atoms. The molecule has 0 radical (unpaired) electrons. The number of hydrogen-bond donors (Lipinski definition) is 0. The van der Waals surface area contributed by atoms with E-state index in [1.54, 1.807) is 18.6 Å². The molecule has 0 bridgehead atoms. The Bertz CT molecular complexity index is 788. The van der Waals surface area contributed by atoms with Crippen LogP contribution in [0.2, 0.25) is 0 Å². The number of carbonyl (C=O) groups is 1. The minimum atomic E-state index is -0.0138. The molecule has 3 nitrogen and oxygen atoms in total. The van der Waals surface area contributed by atoms with Gasteiger partial charge < -0.3 is 4.57 Å². The summed E-state index contributed by atoms with van der Waals surface area (Å²) >= 11 is 3.39. The normalized spacial score (nSPS) is 11.0. The van der Waals surface area contributed by atoms with E-state index < -0.39 is 0 Å². The van der Waals surface area contributed by atoms with E-state index in [9.17, 15) is 4.79 Å². The summed E-state index contributed by atoms with van der Waals surface area (Å²) in [7, 11) is 0. The molecule has 0 unspecified atom stereocenters. The third-order valence-corrected chi connectivity index (χ3v) is 3.78. The molecular weight excluding hydrogens is 340 g/mol. The Morgan fingerprint density at radius 1 is 1.05 bits per heavy atom. The summed E-state index contributed by atoms with van der Waals surface area (Å²) < 4.78 is 2.91. The molecular formula is C18H13BrN2O. The number of nitrogens with zero attached hydrogens (tertiary/aromatic N) is 2. The summed E-state index contributed by atoms with van der Waals surface area (Å²) in [6, 6.07) is 15.3. The van der Waals surface area contributed by atoms with Crippen LogP contribution >= 0.6 is 15.9 Å². The first-order chi connectivity index (χ1) is 10.7. The third kappa shape index (κ3) is 3.40. The zero-order chi connectivity index (χ0) is 15.4. The van der Waals surface area contributed by atoms with Crippen LogP contribution in [0.4, 0.5) is 0 Å². The largest absolute Gasteiger partial charge is 0.306 e. The highest BCUT2D eigenvalue weighted by molar-refractivity contribution is 9.10. The van der Waals surface area contributed by atoms with E-state index in [0.29, 0.717) is 5.56 Å². The molecule has 0 fully saturated rings. The van der Waals surface area contributed by atoms with Crippen LogP contribution in [-0.2, 0) is 0 Å². The van der Waals surface area contributed by atoms with Gasteiger partial charge in [-0.2, -0.15) is 0 Å². The fourth-order valence-corrected chi connectivity index (χ4v) is 2.32. The molecule has 1 aromatic heterocycles. The number of hydrogen-bond acceptors (Lipinski definition) is 2. The molecule has 0 aliphatic heterocycles. The van der Waals surface area contributed by atoms with Crippen LogP contribution in [-0.4, -0.2) is 15.3 Å². The lowest BCUT2D eigenvalue weighted by Gasteiger charge is -2.02. The molecule has 1 heterocycles. The van der Waals surface area contributed by atoms with Gasteiger partial charge in [0.05, 0.1) is 6.33 Å². The van der Waals surface area contributed by atoms with E-state index in [2.05, 4.69) is 20.9 Å². The molecule has 4 heteroatoms. The first-order valence-corrected chi connectivity index (χ1v) is 7.58. The van der Waals surface area contributed by atoms with Crippen molar-refractivity contribution in [1.29, 1.82) is 0 Å². The van der Waals surface area contributed by atoms with Crippen LogP contribution in [0.1, 0.15) is 15.9 Å². The maximum Gasteiger partial charge on any atom is 0.185 e. The maximum atomic E-state index is 12.2. The van der Waals surface area contributed by atoms with E-state index >= 15 is 0 Å². The number of rotatable bonds is 4. The van der Waals surface area contributed by atoms with E-state index in [-0.39, 0.29) is 5.78 Å². The maximum absolute atomic E-state index is 12.2. The van der Waals surface area contributed by atoms with Gasteiger partial charge >= 0.3 is 0 Å². The lowest BCUT2D eigenvalue weighted by atomic mass is 10.1. The lowest BCUT2D eigenvalue weighted by Crippen LogP contribution is -1.96. The molecule has 0 atom stereocenters. The summed E-state index contributed by atoms with van der Waals surface area (Å²) in [6.45, 7) is 0. The molecule has 3 rings (SSSR count). The molecule has 108 valence electrons. The predicted molar refractivity (Wildman–Crippen MR) is 91.1 cm³/mol. The second-order valence-corrected chi connectivity index (χ2v) is 5.68. The Balaban J connectivity index is 1.73. The van der Waals surface area contributed by atoms with Crippen LogP contribution in [0.15, 0.2) is 77.8 Å². The summed E-state index contributed by atoms with van der Waals surface area (Å²) in [5, 5.41) is 0. The fraction of sp³-hybridized carbons (Fsp3) is 0. The minimum absolute atomic E-state index is 0.0138. The second-order valence-electron chi connectivity index (χ2n) is 4.77. The minimum Gasteiger partial charge on any atom is -0.306 e. The predicted octanol–water partition coefficient (Wildman–Crippen LogP) is 4.53. The van der Waals surface area contributed by atoms with E-state index in [1.807, 2.05) is 65.4 Å². The van der Waals surface area contributed by atoms with Crippen LogP contribution in [0.3, 0.4) is 0 Å². The average Bonchev–Trinajstić information content (AvgIpc) is 3.09. The van der Waals surface area contributed by atoms with Gasteiger partial charge in [-0.3, -0.25) is 4.79 Å². The highest BCUT2D eigenvalue weighted by Gasteiger charge is 2.02. The summed E-state index contributed by atoms with van der Waals surface area (Å²) in [4.78, 5) is 16.2. The van der Waals surface area contributed by atoms with Crippen LogP contribution < -0.4 is 0 Å². The zero-order valence-electron chi connectivity index (χ0n) is 11.7. The molecule has 0 amide bonds. The molecule has 2 aromatic carbocycles. The van der Waals surface area contributed by atoms with Gasteiger partial charge in [0.1, 0.15) is 0 Å². The second kappa shape index (κ2) is 6.54. The van der Waals surface area contributed by atoms with Gasteiger partial charge in [-0.15, -0.1) is 0 Å². The fourth-order valence-electron chi connectivity index (χ4n) is 2.05. The van der Waals surface area contributed by atoms with Gasteiger partial charge in [-0.05, 0) is 48.0 Å². The van der Waals surface area contributed by atoms with E-state index in [4.69, 9.17) is 0 Å².